The van der Waals surface area contributed by atoms with Crippen molar-refractivity contribution in [1.82, 2.24) is 9.97 Å². The number of rotatable bonds is 4. The summed E-state index contributed by atoms with van der Waals surface area (Å²) in [5, 5.41) is 3.28. The lowest BCUT2D eigenvalue weighted by molar-refractivity contribution is -0.118. The molecular formula is C13H20N4O. The van der Waals surface area contributed by atoms with E-state index in [1.165, 1.54) is 24.8 Å². The first-order chi connectivity index (χ1) is 8.66. The summed E-state index contributed by atoms with van der Waals surface area (Å²) in [7, 11) is 0. The Morgan fingerprint density at radius 2 is 2.17 bits per heavy atom. The highest BCUT2D eigenvalue weighted by Crippen LogP contribution is 2.24. The number of fused-ring (bicyclic) bond motifs is 1. The van der Waals surface area contributed by atoms with Crippen LogP contribution in [0.25, 0.3) is 0 Å². The molecule has 1 unspecified atom stereocenters. The number of nitrogens with one attached hydrogen (secondary N) is 1. The molecule has 2 rings (SSSR count). The Morgan fingerprint density at radius 1 is 1.39 bits per heavy atom. The molecular weight excluding hydrogens is 228 g/mol. The average Bonchev–Trinajstić information content (AvgIpc) is 2.53. The number of nitrogens with zero attached hydrogens (tertiary/aromatic N) is 2. The number of amides is 1. The van der Waals surface area contributed by atoms with Crippen molar-refractivity contribution in [2.45, 2.75) is 51.5 Å². The highest BCUT2D eigenvalue weighted by molar-refractivity contribution is 5.74. The van der Waals surface area contributed by atoms with Gasteiger partial charge in [0, 0.05) is 23.7 Å². The molecule has 0 bridgehead atoms. The van der Waals surface area contributed by atoms with Gasteiger partial charge in [-0.05, 0) is 32.6 Å². The molecule has 0 fully saturated rings. The Balaban J connectivity index is 2.15. The molecule has 1 aromatic rings. The second-order valence-electron chi connectivity index (χ2n) is 4.92. The molecule has 1 heterocycles. The van der Waals surface area contributed by atoms with Gasteiger partial charge in [-0.25, -0.2) is 9.97 Å². The number of primary amides is 1. The highest BCUT2D eigenvalue weighted by atomic mass is 16.1. The van der Waals surface area contributed by atoms with E-state index >= 15 is 0 Å². The molecule has 1 amide bonds. The van der Waals surface area contributed by atoms with Crippen LogP contribution >= 0.6 is 0 Å². The Kier molecular flexibility index (Phi) is 4.12. The van der Waals surface area contributed by atoms with Crippen LogP contribution in [0.15, 0.2) is 6.33 Å². The summed E-state index contributed by atoms with van der Waals surface area (Å²) >= 11 is 0. The van der Waals surface area contributed by atoms with E-state index in [0.29, 0.717) is 6.42 Å². The van der Waals surface area contributed by atoms with E-state index in [-0.39, 0.29) is 11.9 Å². The number of carbonyl (C=O) groups is 1. The Bertz CT molecular complexity index is 433. The lowest BCUT2D eigenvalue weighted by Gasteiger charge is -2.16. The van der Waals surface area contributed by atoms with Gasteiger partial charge < -0.3 is 11.1 Å². The van der Waals surface area contributed by atoms with E-state index < -0.39 is 0 Å². The number of aromatic nitrogens is 2. The molecule has 5 heteroatoms. The van der Waals surface area contributed by atoms with Gasteiger partial charge >= 0.3 is 0 Å². The summed E-state index contributed by atoms with van der Waals surface area (Å²) in [5.74, 6) is 0.575. The number of nitrogens with two attached hydrogens (primary N) is 1. The first-order valence-electron chi connectivity index (χ1n) is 6.54. The number of aryl methyl sites for hydroxylation is 1. The normalized spacial score (nSPS) is 16.5. The number of anilines is 1. The molecule has 1 aromatic heterocycles. The first-order valence-corrected chi connectivity index (χ1v) is 6.54. The standard InChI is InChI=1S/C13H20N4O/c1-9(7-12(14)18)17-13-10-5-3-2-4-6-11(10)15-8-16-13/h8-9H,2-7H2,1H3,(H2,14,18)(H,15,16,17). The van der Waals surface area contributed by atoms with Crippen LogP contribution in [0.2, 0.25) is 0 Å². The molecule has 0 aliphatic heterocycles. The van der Waals surface area contributed by atoms with Gasteiger partial charge in [0.15, 0.2) is 0 Å². The Morgan fingerprint density at radius 3 is 2.94 bits per heavy atom. The fraction of sp³-hybridized carbons (Fsp3) is 0.615. The SMILES string of the molecule is CC(CC(N)=O)Nc1ncnc2c1CCCCC2. The van der Waals surface area contributed by atoms with Gasteiger partial charge in [-0.1, -0.05) is 6.42 Å². The first kappa shape index (κ1) is 12.8. The summed E-state index contributed by atoms with van der Waals surface area (Å²) in [6.07, 6.45) is 7.58. The van der Waals surface area contributed by atoms with Crippen LogP contribution in [-0.2, 0) is 17.6 Å². The smallest absolute Gasteiger partial charge is 0.219 e. The third-order valence-corrected chi connectivity index (χ3v) is 3.27. The van der Waals surface area contributed by atoms with Crippen LogP contribution in [0.1, 0.15) is 43.9 Å². The van der Waals surface area contributed by atoms with Gasteiger partial charge in [0.1, 0.15) is 12.1 Å². The van der Waals surface area contributed by atoms with Gasteiger partial charge in [0.2, 0.25) is 5.91 Å². The molecule has 1 aliphatic carbocycles. The highest BCUT2D eigenvalue weighted by Gasteiger charge is 2.16. The van der Waals surface area contributed by atoms with Gasteiger partial charge in [-0.2, -0.15) is 0 Å². The van der Waals surface area contributed by atoms with Crippen molar-refractivity contribution >= 4 is 11.7 Å². The van der Waals surface area contributed by atoms with E-state index in [4.69, 9.17) is 5.73 Å². The van der Waals surface area contributed by atoms with Crippen molar-refractivity contribution in [3.63, 3.8) is 0 Å². The Hall–Kier alpha value is -1.65. The number of hydrogen-bond acceptors (Lipinski definition) is 4. The molecule has 0 saturated carbocycles. The zero-order chi connectivity index (χ0) is 13.0. The lowest BCUT2D eigenvalue weighted by atomic mass is 10.1. The fourth-order valence-corrected chi connectivity index (χ4v) is 2.41. The van der Waals surface area contributed by atoms with Crippen LogP contribution in [0.3, 0.4) is 0 Å². The predicted octanol–water partition coefficient (Wildman–Crippen LogP) is 1.42. The van der Waals surface area contributed by atoms with Gasteiger partial charge in [-0.3, -0.25) is 4.79 Å². The summed E-state index contributed by atoms with van der Waals surface area (Å²) in [4.78, 5) is 19.6. The van der Waals surface area contributed by atoms with Crippen molar-refractivity contribution in [2.24, 2.45) is 5.73 Å². The molecule has 0 aromatic carbocycles. The summed E-state index contributed by atoms with van der Waals surface area (Å²) in [6, 6.07) is 0.00440. The maximum absolute atomic E-state index is 10.9. The van der Waals surface area contributed by atoms with Crippen LogP contribution in [0, 0.1) is 0 Å². The zero-order valence-electron chi connectivity index (χ0n) is 10.8. The number of hydrogen-bond donors (Lipinski definition) is 2. The summed E-state index contributed by atoms with van der Waals surface area (Å²) in [5.41, 5.74) is 7.56. The van der Waals surface area contributed by atoms with E-state index in [1.807, 2.05) is 6.92 Å². The minimum Gasteiger partial charge on any atom is -0.370 e. The van der Waals surface area contributed by atoms with Crippen LogP contribution in [0.5, 0.6) is 0 Å². The molecule has 1 aliphatic rings. The van der Waals surface area contributed by atoms with E-state index in [1.54, 1.807) is 6.33 Å². The molecule has 0 saturated heterocycles. The minimum atomic E-state index is -0.296. The molecule has 3 N–H and O–H groups in total. The molecule has 5 nitrogen and oxygen atoms in total. The fourth-order valence-electron chi connectivity index (χ4n) is 2.41. The van der Waals surface area contributed by atoms with Crippen molar-refractivity contribution in [3.8, 4) is 0 Å². The Labute approximate surface area is 107 Å². The quantitative estimate of drug-likeness (QED) is 0.790. The van der Waals surface area contributed by atoms with Crippen molar-refractivity contribution < 1.29 is 4.79 Å². The lowest BCUT2D eigenvalue weighted by Crippen LogP contribution is -2.25. The maximum Gasteiger partial charge on any atom is 0.219 e. The van der Waals surface area contributed by atoms with Crippen molar-refractivity contribution in [1.29, 1.82) is 0 Å². The monoisotopic (exact) mass is 248 g/mol. The van der Waals surface area contributed by atoms with Crippen LogP contribution in [0.4, 0.5) is 5.82 Å². The van der Waals surface area contributed by atoms with E-state index in [2.05, 4.69) is 15.3 Å². The van der Waals surface area contributed by atoms with Crippen LogP contribution < -0.4 is 11.1 Å². The molecule has 18 heavy (non-hydrogen) atoms. The second kappa shape index (κ2) is 5.80. The number of carbonyl (C=O) groups excluding carboxylic acids is 1. The van der Waals surface area contributed by atoms with E-state index in [9.17, 15) is 4.79 Å². The molecule has 98 valence electrons. The minimum absolute atomic E-state index is 0.00440. The summed E-state index contributed by atoms with van der Waals surface area (Å²) in [6.45, 7) is 1.94. The summed E-state index contributed by atoms with van der Waals surface area (Å²) < 4.78 is 0. The molecule has 0 radical (unpaired) electrons. The maximum atomic E-state index is 10.9. The molecule has 1 atom stereocenters. The van der Waals surface area contributed by atoms with Crippen molar-refractivity contribution in [2.75, 3.05) is 5.32 Å². The van der Waals surface area contributed by atoms with Gasteiger partial charge in [-0.15, -0.1) is 0 Å². The third kappa shape index (κ3) is 3.18. The average molecular weight is 248 g/mol. The van der Waals surface area contributed by atoms with E-state index in [0.717, 1.165) is 24.4 Å². The van der Waals surface area contributed by atoms with Gasteiger partial charge in [0.25, 0.3) is 0 Å². The topological polar surface area (TPSA) is 80.9 Å². The molecule has 0 spiro atoms. The zero-order valence-corrected chi connectivity index (χ0v) is 10.8. The van der Waals surface area contributed by atoms with Gasteiger partial charge in [0.05, 0.1) is 0 Å². The third-order valence-electron chi connectivity index (χ3n) is 3.27. The largest absolute Gasteiger partial charge is 0.370 e. The second-order valence-corrected chi connectivity index (χ2v) is 4.92. The predicted molar refractivity (Wildman–Crippen MR) is 70.2 cm³/mol. The van der Waals surface area contributed by atoms with Crippen molar-refractivity contribution in [3.05, 3.63) is 17.6 Å². The van der Waals surface area contributed by atoms with Crippen LogP contribution in [-0.4, -0.2) is 21.9 Å².